The van der Waals surface area contributed by atoms with Crippen LogP contribution in [0.5, 0.6) is 0 Å². The van der Waals surface area contributed by atoms with Crippen molar-refractivity contribution in [1.29, 1.82) is 0 Å². The van der Waals surface area contributed by atoms with Crippen LogP contribution < -0.4 is 0 Å². The SMILES string of the molecule is CCC(C)CC(C)CC(C)CC(C)C=C(C)C=C(CC(C)C(=O)OCCC(=O)O)C(=O)O. The molecule has 2 N–H and O–H groups in total. The molecule has 0 aliphatic rings. The van der Waals surface area contributed by atoms with E-state index in [2.05, 4.69) is 40.7 Å². The number of esters is 1. The van der Waals surface area contributed by atoms with Gasteiger partial charge in [0, 0.05) is 5.57 Å². The zero-order valence-corrected chi connectivity index (χ0v) is 21.0. The lowest BCUT2D eigenvalue weighted by molar-refractivity contribution is -0.150. The van der Waals surface area contributed by atoms with Crippen LogP contribution in [0.15, 0.2) is 23.3 Å². The van der Waals surface area contributed by atoms with Crippen LogP contribution in [0.3, 0.4) is 0 Å². The summed E-state index contributed by atoms with van der Waals surface area (Å²) in [4.78, 5) is 34.2. The van der Waals surface area contributed by atoms with Crippen molar-refractivity contribution in [3.05, 3.63) is 23.3 Å². The van der Waals surface area contributed by atoms with Crippen LogP contribution in [0.4, 0.5) is 0 Å². The zero-order valence-electron chi connectivity index (χ0n) is 21.0. The molecule has 0 spiro atoms. The van der Waals surface area contributed by atoms with Crippen molar-refractivity contribution < 1.29 is 29.3 Å². The van der Waals surface area contributed by atoms with Gasteiger partial charge in [0.2, 0.25) is 0 Å². The van der Waals surface area contributed by atoms with Gasteiger partial charge in [-0.1, -0.05) is 59.6 Å². The summed E-state index contributed by atoms with van der Waals surface area (Å²) >= 11 is 0. The van der Waals surface area contributed by atoms with Gasteiger partial charge in [0.1, 0.15) is 6.61 Å². The van der Waals surface area contributed by atoms with Gasteiger partial charge in [-0.15, -0.1) is 0 Å². The number of allylic oxidation sites excluding steroid dienone is 3. The van der Waals surface area contributed by atoms with Gasteiger partial charge >= 0.3 is 17.9 Å². The van der Waals surface area contributed by atoms with E-state index in [0.717, 1.165) is 17.9 Å². The maximum atomic E-state index is 12.0. The Bertz CT molecular complexity index is 663. The van der Waals surface area contributed by atoms with Crippen LogP contribution in [0.1, 0.15) is 87.0 Å². The van der Waals surface area contributed by atoms with E-state index in [1.165, 1.54) is 19.3 Å². The minimum absolute atomic E-state index is 0.0321. The van der Waals surface area contributed by atoms with E-state index < -0.39 is 23.8 Å². The topological polar surface area (TPSA) is 101 Å². The first-order chi connectivity index (χ1) is 14.8. The summed E-state index contributed by atoms with van der Waals surface area (Å²) in [5.74, 6) is -0.992. The van der Waals surface area contributed by atoms with Gasteiger partial charge in [0.25, 0.3) is 0 Å². The third kappa shape index (κ3) is 14.0. The minimum atomic E-state index is -1.07. The molecule has 0 bridgehead atoms. The number of ether oxygens (including phenoxy) is 1. The average Bonchev–Trinajstić information content (AvgIpc) is 2.65. The minimum Gasteiger partial charge on any atom is -0.481 e. The Morgan fingerprint density at radius 1 is 0.906 bits per heavy atom. The molecule has 0 aliphatic carbocycles. The number of hydrogen-bond donors (Lipinski definition) is 2. The summed E-state index contributed by atoms with van der Waals surface area (Å²) in [6.45, 7) is 14.5. The van der Waals surface area contributed by atoms with Crippen LogP contribution in [0, 0.1) is 29.6 Å². The number of carbonyl (C=O) groups excluding carboxylic acids is 1. The Balaban J connectivity index is 4.88. The van der Waals surface area contributed by atoms with Gasteiger partial charge in [-0.05, 0) is 62.4 Å². The Morgan fingerprint density at radius 3 is 2.00 bits per heavy atom. The summed E-state index contributed by atoms with van der Waals surface area (Å²) < 4.78 is 4.92. The monoisotopic (exact) mass is 452 g/mol. The highest BCUT2D eigenvalue weighted by Crippen LogP contribution is 2.26. The van der Waals surface area contributed by atoms with Gasteiger partial charge in [-0.25, -0.2) is 4.79 Å². The van der Waals surface area contributed by atoms with Crippen molar-refractivity contribution in [3.63, 3.8) is 0 Å². The molecule has 0 amide bonds. The van der Waals surface area contributed by atoms with Crippen molar-refractivity contribution in [1.82, 2.24) is 0 Å². The molecule has 6 nitrogen and oxygen atoms in total. The van der Waals surface area contributed by atoms with Crippen molar-refractivity contribution >= 4 is 17.9 Å². The number of aliphatic carboxylic acids is 2. The molecule has 0 fully saturated rings. The van der Waals surface area contributed by atoms with Crippen LogP contribution in [-0.4, -0.2) is 34.7 Å². The molecule has 0 aromatic heterocycles. The van der Waals surface area contributed by atoms with Crippen LogP contribution in [0.2, 0.25) is 0 Å². The second-order valence-electron chi connectivity index (χ2n) is 9.71. The molecule has 5 unspecified atom stereocenters. The fourth-order valence-electron chi connectivity index (χ4n) is 4.21. The Kier molecular flexibility index (Phi) is 14.6. The molecule has 0 radical (unpaired) electrons. The van der Waals surface area contributed by atoms with Gasteiger partial charge < -0.3 is 14.9 Å². The summed E-state index contributed by atoms with van der Waals surface area (Å²) in [6, 6.07) is 0. The highest BCUT2D eigenvalue weighted by atomic mass is 16.5. The molecule has 32 heavy (non-hydrogen) atoms. The standard InChI is InChI=1S/C26H44O6/c1-8-17(2)11-18(3)12-19(4)13-20(5)14-21(6)15-23(25(29)30)16-22(7)26(31)32-10-9-24(27)28/h14-15,17-20,22H,8-13,16H2,1-7H3,(H,27,28)(H,29,30). The van der Waals surface area contributed by atoms with E-state index >= 15 is 0 Å². The number of carbonyl (C=O) groups is 3. The molecular formula is C26H44O6. The summed E-state index contributed by atoms with van der Waals surface area (Å²) in [5.41, 5.74) is 1.00. The smallest absolute Gasteiger partial charge is 0.331 e. The van der Waals surface area contributed by atoms with Crippen molar-refractivity contribution in [2.24, 2.45) is 29.6 Å². The van der Waals surface area contributed by atoms with E-state index in [-0.39, 0.29) is 25.0 Å². The summed E-state index contributed by atoms with van der Waals surface area (Å²) in [5, 5.41) is 18.2. The molecule has 0 aromatic carbocycles. The molecule has 0 heterocycles. The number of carboxylic acid groups (broad SMARTS) is 2. The van der Waals surface area contributed by atoms with Crippen molar-refractivity contribution in [2.45, 2.75) is 87.0 Å². The number of hydrogen-bond acceptors (Lipinski definition) is 4. The van der Waals surface area contributed by atoms with Crippen LogP contribution >= 0.6 is 0 Å². The normalized spacial score (nSPS) is 17.2. The van der Waals surface area contributed by atoms with E-state index in [1.54, 1.807) is 13.0 Å². The lowest BCUT2D eigenvalue weighted by atomic mass is 9.84. The molecule has 6 heteroatoms. The van der Waals surface area contributed by atoms with E-state index in [4.69, 9.17) is 9.84 Å². The predicted octanol–water partition coefficient (Wildman–Crippen LogP) is 6.11. The predicted molar refractivity (Wildman–Crippen MR) is 127 cm³/mol. The Hall–Kier alpha value is -2.11. The van der Waals surface area contributed by atoms with Crippen LogP contribution in [-0.2, 0) is 19.1 Å². The molecule has 0 rings (SSSR count). The third-order valence-electron chi connectivity index (χ3n) is 5.79. The summed E-state index contributed by atoms with van der Waals surface area (Å²) in [7, 11) is 0. The second kappa shape index (κ2) is 15.7. The fraction of sp³-hybridized carbons (Fsp3) is 0.731. The first-order valence-corrected chi connectivity index (χ1v) is 11.9. The highest BCUT2D eigenvalue weighted by molar-refractivity contribution is 5.88. The van der Waals surface area contributed by atoms with Crippen molar-refractivity contribution in [2.75, 3.05) is 6.61 Å². The summed E-state index contributed by atoms with van der Waals surface area (Å²) in [6.07, 6.45) is 8.19. The highest BCUT2D eigenvalue weighted by Gasteiger charge is 2.20. The van der Waals surface area contributed by atoms with E-state index in [0.29, 0.717) is 17.8 Å². The molecule has 0 saturated heterocycles. The maximum Gasteiger partial charge on any atom is 0.331 e. The molecule has 0 saturated carbocycles. The lowest BCUT2D eigenvalue weighted by Crippen LogP contribution is -2.19. The second-order valence-corrected chi connectivity index (χ2v) is 9.71. The Labute approximate surface area is 194 Å². The molecule has 0 aromatic rings. The molecule has 184 valence electrons. The first-order valence-electron chi connectivity index (χ1n) is 11.9. The van der Waals surface area contributed by atoms with E-state index in [1.807, 2.05) is 6.92 Å². The fourth-order valence-corrected chi connectivity index (χ4v) is 4.21. The van der Waals surface area contributed by atoms with Gasteiger partial charge in [-0.3, -0.25) is 9.59 Å². The number of carboxylic acids is 2. The van der Waals surface area contributed by atoms with Crippen LogP contribution in [0.25, 0.3) is 0 Å². The van der Waals surface area contributed by atoms with Crippen molar-refractivity contribution in [3.8, 4) is 0 Å². The molecular weight excluding hydrogens is 408 g/mol. The van der Waals surface area contributed by atoms with Gasteiger partial charge in [0.05, 0.1) is 12.3 Å². The lowest BCUT2D eigenvalue weighted by Gasteiger charge is -2.21. The number of rotatable bonds is 16. The van der Waals surface area contributed by atoms with Gasteiger partial charge in [0.15, 0.2) is 0 Å². The first kappa shape index (κ1) is 29.9. The maximum absolute atomic E-state index is 12.0. The molecule has 5 atom stereocenters. The third-order valence-corrected chi connectivity index (χ3v) is 5.79. The van der Waals surface area contributed by atoms with E-state index in [9.17, 15) is 19.5 Å². The zero-order chi connectivity index (χ0) is 24.8. The average molecular weight is 453 g/mol. The Morgan fingerprint density at radius 2 is 1.47 bits per heavy atom. The van der Waals surface area contributed by atoms with Gasteiger partial charge in [-0.2, -0.15) is 0 Å². The largest absolute Gasteiger partial charge is 0.481 e. The molecule has 0 aliphatic heterocycles. The quantitative estimate of drug-likeness (QED) is 0.166.